The molecule has 236 valence electrons. The van der Waals surface area contributed by atoms with Gasteiger partial charge in [0.1, 0.15) is 17.7 Å². The fourth-order valence-corrected chi connectivity index (χ4v) is 6.53. The zero-order valence-corrected chi connectivity index (χ0v) is 25.7. The molecule has 9 nitrogen and oxygen atoms in total. The highest BCUT2D eigenvalue weighted by atomic mass is 19.3. The average Bonchev–Trinajstić information content (AvgIpc) is 3.80. The monoisotopic (exact) mass is 615 g/mol. The third kappa shape index (κ3) is 6.37. The lowest BCUT2D eigenvalue weighted by molar-refractivity contribution is 0.136. The van der Waals surface area contributed by atoms with Crippen LogP contribution in [0.15, 0.2) is 48.8 Å². The molecule has 1 saturated heterocycles. The Balaban J connectivity index is 1.06. The normalized spacial score (nSPS) is 19.2. The molecule has 4 aromatic rings. The Morgan fingerprint density at radius 1 is 1.09 bits per heavy atom. The number of rotatable bonds is 8. The Kier molecular flexibility index (Phi) is 8.14. The Hall–Kier alpha value is -4.09. The number of benzene rings is 2. The number of fused-ring (bicyclic) bond motifs is 2. The molecule has 1 saturated carbocycles. The number of urea groups is 1. The minimum absolute atomic E-state index is 0.0329. The van der Waals surface area contributed by atoms with Crippen molar-refractivity contribution in [2.24, 2.45) is 0 Å². The molecule has 4 heterocycles. The minimum atomic E-state index is -2.63. The molecule has 1 aliphatic carbocycles. The summed E-state index contributed by atoms with van der Waals surface area (Å²) in [5.41, 5.74) is 5.05. The predicted octanol–water partition coefficient (Wildman–Crippen LogP) is 6.85. The number of aromatic amines is 1. The number of likely N-dealkylation sites (N-methyl/N-ethyl adjacent to an activating group) is 1. The van der Waals surface area contributed by atoms with E-state index in [1.807, 2.05) is 12.1 Å². The van der Waals surface area contributed by atoms with Gasteiger partial charge in [-0.2, -0.15) is 0 Å². The van der Waals surface area contributed by atoms with Gasteiger partial charge in [-0.25, -0.2) is 23.5 Å². The average molecular weight is 616 g/mol. The molecule has 2 aromatic heterocycles. The molecule has 0 bridgehead atoms. The van der Waals surface area contributed by atoms with Crippen LogP contribution in [0.2, 0.25) is 0 Å². The van der Waals surface area contributed by atoms with Crippen molar-refractivity contribution in [2.45, 2.75) is 57.5 Å². The number of ether oxygens (including phenoxy) is 1. The number of nitrogens with one attached hydrogen (secondary N) is 2. The SMILES string of the molecule is CC[C@@H]1CN(C(=O)Nc2ccc(CN3CCN(C)CC3)c(C(F)F)c2)Cc2cc(Oc3ncnc4[nH]c(C5CC5)cc34)ccc21. The second-order valence-corrected chi connectivity index (χ2v) is 12.6. The topological polar surface area (TPSA) is 89.6 Å². The van der Waals surface area contributed by atoms with Gasteiger partial charge in [-0.05, 0) is 79.3 Å². The largest absolute Gasteiger partial charge is 0.438 e. The molecule has 1 atom stereocenters. The molecule has 0 radical (unpaired) electrons. The molecule has 3 aliphatic rings. The van der Waals surface area contributed by atoms with Crippen LogP contribution in [-0.4, -0.2) is 75.5 Å². The number of carbonyl (C=O) groups is 1. The second-order valence-electron chi connectivity index (χ2n) is 12.6. The maximum Gasteiger partial charge on any atom is 0.322 e. The van der Waals surface area contributed by atoms with Crippen LogP contribution < -0.4 is 10.1 Å². The number of amides is 2. The van der Waals surface area contributed by atoms with Crippen LogP contribution in [0.1, 0.15) is 72.4 Å². The fourth-order valence-electron chi connectivity index (χ4n) is 6.53. The quantitative estimate of drug-likeness (QED) is 0.225. The summed E-state index contributed by atoms with van der Waals surface area (Å²) in [6.07, 6.45) is 2.09. The van der Waals surface area contributed by atoms with Gasteiger partial charge < -0.3 is 24.8 Å². The van der Waals surface area contributed by atoms with Gasteiger partial charge in [0.25, 0.3) is 6.43 Å². The van der Waals surface area contributed by atoms with Crippen LogP contribution in [-0.2, 0) is 13.1 Å². The third-order valence-electron chi connectivity index (χ3n) is 9.40. The second kappa shape index (κ2) is 12.4. The van der Waals surface area contributed by atoms with E-state index in [-0.39, 0.29) is 17.5 Å². The summed E-state index contributed by atoms with van der Waals surface area (Å²) in [4.78, 5) is 31.9. The first kappa shape index (κ1) is 29.6. The number of aromatic nitrogens is 3. The molecule has 0 spiro atoms. The highest BCUT2D eigenvalue weighted by Crippen LogP contribution is 2.42. The number of nitrogens with zero attached hydrogens (tertiary/aromatic N) is 5. The van der Waals surface area contributed by atoms with Crippen molar-refractivity contribution in [1.29, 1.82) is 0 Å². The van der Waals surface area contributed by atoms with E-state index in [1.165, 1.54) is 36.5 Å². The van der Waals surface area contributed by atoms with Crippen molar-refractivity contribution < 1.29 is 18.3 Å². The van der Waals surface area contributed by atoms with Crippen molar-refractivity contribution >= 4 is 22.8 Å². The highest BCUT2D eigenvalue weighted by molar-refractivity contribution is 5.89. The molecule has 2 fully saturated rings. The number of halogens is 2. The summed E-state index contributed by atoms with van der Waals surface area (Å²) in [5.74, 6) is 1.83. The number of hydrogen-bond donors (Lipinski definition) is 2. The number of alkyl halides is 2. The smallest absolute Gasteiger partial charge is 0.322 e. The molecule has 2 aromatic carbocycles. The lowest BCUT2D eigenvalue weighted by Gasteiger charge is -2.34. The van der Waals surface area contributed by atoms with Crippen molar-refractivity contribution in [3.63, 3.8) is 0 Å². The zero-order valence-electron chi connectivity index (χ0n) is 25.7. The van der Waals surface area contributed by atoms with E-state index in [9.17, 15) is 13.6 Å². The molecule has 7 rings (SSSR count). The predicted molar refractivity (Wildman–Crippen MR) is 169 cm³/mol. The van der Waals surface area contributed by atoms with Gasteiger partial charge in [-0.3, -0.25) is 4.90 Å². The van der Waals surface area contributed by atoms with Crippen molar-refractivity contribution in [2.75, 3.05) is 45.1 Å². The molecule has 45 heavy (non-hydrogen) atoms. The summed E-state index contributed by atoms with van der Waals surface area (Å²) < 4.78 is 34.5. The van der Waals surface area contributed by atoms with Gasteiger partial charge in [0, 0.05) is 68.7 Å². The van der Waals surface area contributed by atoms with Gasteiger partial charge in [-0.1, -0.05) is 19.1 Å². The Bertz CT molecular complexity index is 1700. The van der Waals surface area contributed by atoms with Crippen LogP contribution in [0, 0.1) is 0 Å². The summed E-state index contributed by atoms with van der Waals surface area (Å²) >= 11 is 0. The number of anilines is 1. The van der Waals surface area contributed by atoms with E-state index in [0.717, 1.165) is 49.2 Å². The Morgan fingerprint density at radius 2 is 1.91 bits per heavy atom. The first-order valence-electron chi connectivity index (χ1n) is 15.9. The first-order valence-corrected chi connectivity index (χ1v) is 15.9. The number of hydrogen-bond acceptors (Lipinski definition) is 6. The van der Waals surface area contributed by atoms with E-state index in [4.69, 9.17) is 4.74 Å². The lowest BCUT2D eigenvalue weighted by Crippen LogP contribution is -2.44. The van der Waals surface area contributed by atoms with Crippen molar-refractivity contribution in [3.8, 4) is 11.6 Å². The van der Waals surface area contributed by atoms with Gasteiger partial charge in [0.15, 0.2) is 0 Å². The fraction of sp³-hybridized carbons (Fsp3) is 0.441. The molecule has 2 amide bonds. The highest BCUT2D eigenvalue weighted by Gasteiger charge is 2.29. The van der Waals surface area contributed by atoms with Crippen molar-refractivity contribution in [3.05, 3.63) is 76.7 Å². The summed E-state index contributed by atoms with van der Waals surface area (Å²) in [6, 6.07) is 12.7. The van der Waals surface area contributed by atoms with Gasteiger partial charge >= 0.3 is 6.03 Å². The lowest BCUT2D eigenvalue weighted by atomic mass is 9.88. The maximum absolute atomic E-state index is 14.1. The minimum Gasteiger partial charge on any atom is -0.438 e. The van der Waals surface area contributed by atoms with Crippen LogP contribution in [0.25, 0.3) is 11.0 Å². The van der Waals surface area contributed by atoms with Crippen LogP contribution in [0.3, 0.4) is 0 Å². The molecular formula is C34H39F2N7O2. The molecule has 0 unspecified atom stereocenters. The van der Waals surface area contributed by atoms with E-state index in [2.05, 4.69) is 56.2 Å². The van der Waals surface area contributed by atoms with Crippen molar-refractivity contribution in [1.82, 2.24) is 29.7 Å². The van der Waals surface area contributed by atoms with E-state index in [0.29, 0.717) is 48.4 Å². The van der Waals surface area contributed by atoms with Crippen LogP contribution in [0.4, 0.5) is 19.3 Å². The standard InChI is InChI=1S/C34H39F2N7O2/c1-3-21-18-43(34(44)39-25-7-6-23(28(15-25)31(35)36)17-42-12-10-41(2)11-13-42)19-24-14-26(8-9-27(21)24)45-33-29-16-30(22-4-5-22)40-32(29)37-20-38-33/h6-9,14-16,20-22,31H,3-5,10-13,17-19H2,1-2H3,(H,39,44)(H,37,38,40)/t21-/m1/s1. The number of H-pyrrole nitrogens is 1. The summed E-state index contributed by atoms with van der Waals surface area (Å²) in [5, 5.41) is 3.74. The Labute approximate surface area is 261 Å². The summed E-state index contributed by atoms with van der Waals surface area (Å²) in [6.45, 7) is 7.03. The van der Waals surface area contributed by atoms with E-state index in [1.54, 1.807) is 17.0 Å². The van der Waals surface area contributed by atoms with Gasteiger partial charge in [0.05, 0.1) is 5.39 Å². The van der Waals surface area contributed by atoms with Gasteiger partial charge in [-0.15, -0.1) is 0 Å². The van der Waals surface area contributed by atoms with E-state index < -0.39 is 6.43 Å². The zero-order chi connectivity index (χ0) is 31.1. The van der Waals surface area contributed by atoms with Crippen LogP contribution in [0.5, 0.6) is 11.6 Å². The molecule has 2 N–H and O–H groups in total. The maximum atomic E-state index is 14.1. The molecule has 11 heteroatoms. The number of carbonyl (C=O) groups excluding carboxylic acids is 1. The molecule has 2 aliphatic heterocycles. The van der Waals surface area contributed by atoms with Crippen LogP contribution >= 0.6 is 0 Å². The first-order chi connectivity index (χ1) is 21.8. The molecular weight excluding hydrogens is 576 g/mol. The van der Waals surface area contributed by atoms with E-state index >= 15 is 0 Å². The van der Waals surface area contributed by atoms with Gasteiger partial charge in [0.2, 0.25) is 5.88 Å². The third-order valence-corrected chi connectivity index (χ3v) is 9.40. The Morgan fingerprint density at radius 3 is 2.67 bits per heavy atom. The summed E-state index contributed by atoms with van der Waals surface area (Å²) in [7, 11) is 2.07. The number of piperazine rings is 1.